The molecule has 3 heterocycles. The molecular formula is C30H33IN6OSi. The Kier molecular flexibility index (Phi) is 6.92. The summed E-state index contributed by atoms with van der Waals surface area (Å²) in [5.41, 5.74) is 4.33. The van der Waals surface area contributed by atoms with Crippen LogP contribution < -0.4 is 10.4 Å². The zero-order valence-electron chi connectivity index (χ0n) is 22.8. The Morgan fingerprint density at radius 3 is 2.26 bits per heavy atom. The maximum absolute atomic E-state index is 7.36. The van der Waals surface area contributed by atoms with E-state index < -0.39 is 8.32 Å². The van der Waals surface area contributed by atoms with E-state index in [9.17, 15) is 0 Å². The maximum atomic E-state index is 7.36. The van der Waals surface area contributed by atoms with Gasteiger partial charge < -0.3 is 8.99 Å². The van der Waals surface area contributed by atoms with E-state index >= 15 is 0 Å². The summed E-state index contributed by atoms with van der Waals surface area (Å²) in [5, 5.41) is 7.23. The topological polar surface area (TPSA) is 70.7 Å². The van der Waals surface area contributed by atoms with Crippen molar-refractivity contribution in [2.24, 2.45) is 7.05 Å². The molecule has 0 bridgehead atoms. The number of benzene rings is 2. The molecule has 0 amide bonds. The lowest BCUT2D eigenvalue weighted by Gasteiger charge is -2.43. The zero-order chi connectivity index (χ0) is 27.2. The van der Waals surface area contributed by atoms with Crippen molar-refractivity contribution in [2.45, 2.75) is 50.6 Å². The van der Waals surface area contributed by atoms with Crippen LogP contribution in [0.15, 0.2) is 79.5 Å². The fourth-order valence-electron chi connectivity index (χ4n) is 6.39. The van der Waals surface area contributed by atoms with Crippen LogP contribution in [-0.4, -0.2) is 44.2 Å². The van der Waals surface area contributed by atoms with E-state index in [1.165, 1.54) is 21.6 Å². The van der Waals surface area contributed by atoms with Crippen LogP contribution in [-0.2, 0) is 18.0 Å². The third-order valence-corrected chi connectivity index (χ3v) is 13.9. The van der Waals surface area contributed by atoms with Crippen LogP contribution >= 0.6 is 22.6 Å². The van der Waals surface area contributed by atoms with Gasteiger partial charge in [0.25, 0.3) is 8.32 Å². The molecule has 5 aromatic rings. The van der Waals surface area contributed by atoms with Gasteiger partial charge in [0.1, 0.15) is 15.5 Å². The number of fused-ring (bicyclic) bond motifs is 2. The molecule has 2 aromatic carbocycles. The van der Waals surface area contributed by atoms with E-state index in [1.54, 1.807) is 6.33 Å². The van der Waals surface area contributed by atoms with E-state index in [0.717, 1.165) is 27.8 Å². The minimum Gasteiger partial charge on any atom is -0.407 e. The van der Waals surface area contributed by atoms with Gasteiger partial charge in [-0.25, -0.2) is 15.0 Å². The lowest BCUT2D eigenvalue weighted by molar-refractivity contribution is 0.261. The van der Waals surface area contributed by atoms with Gasteiger partial charge in [-0.1, -0.05) is 81.4 Å². The molecule has 0 unspecified atom stereocenters. The van der Waals surface area contributed by atoms with Crippen LogP contribution in [0.4, 0.5) is 0 Å². The van der Waals surface area contributed by atoms with Gasteiger partial charge in [0.15, 0.2) is 5.65 Å². The summed E-state index contributed by atoms with van der Waals surface area (Å²) in [6.45, 7) is 8.46. The average Bonchev–Trinajstić information content (AvgIpc) is 3.62. The quantitative estimate of drug-likeness (QED) is 0.141. The number of hydrogen-bond acceptors (Lipinski definition) is 5. The van der Waals surface area contributed by atoms with E-state index in [2.05, 4.69) is 136 Å². The molecule has 1 aliphatic carbocycles. The van der Waals surface area contributed by atoms with Crippen LogP contribution in [0.25, 0.3) is 11.2 Å². The minimum absolute atomic E-state index is 0.0599. The Balaban J connectivity index is 1.34. The first-order valence-corrected chi connectivity index (χ1v) is 16.4. The molecule has 1 aliphatic rings. The molecule has 0 fully saturated rings. The first-order valence-electron chi connectivity index (χ1n) is 13.4. The maximum Gasteiger partial charge on any atom is 0.261 e. The van der Waals surface area contributed by atoms with Crippen molar-refractivity contribution in [1.29, 1.82) is 0 Å². The van der Waals surface area contributed by atoms with Crippen molar-refractivity contribution in [3.63, 3.8) is 0 Å². The van der Waals surface area contributed by atoms with Gasteiger partial charge in [-0.15, -0.1) is 0 Å². The lowest BCUT2D eigenvalue weighted by Crippen LogP contribution is -2.66. The van der Waals surface area contributed by atoms with Gasteiger partial charge in [0.05, 0.1) is 12.5 Å². The molecule has 6 rings (SSSR count). The zero-order valence-corrected chi connectivity index (χ0v) is 25.9. The molecule has 39 heavy (non-hydrogen) atoms. The molecule has 7 nitrogen and oxygen atoms in total. The van der Waals surface area contributed by atoms with Crippen LogP contribution in [0.5, 0.6) is 0 Å². The molecule has 0 saturated carbocycles. The van der Waals surface area contributed by atoms with Crippen LogP contribution in [0.1, 0.15) is 50.3 Å². The summed E-state index contributed by atoms with van der Waals surface area (Å²) in [4.78, 5) is 13.4. The Labute approximate surface area is 243 Å². The second kappa shape index (κ2) is 10.3. The van der Waals surface area contributed by atoms with Gasteiger partial charge in [-0.05, 0) is 50.0 Å². The van der Waals surface area contributed by atoms with E-state index in [1.807, 2.05) is 17.2 Å². The van der Waals surface area contributed by atoms with Crippen molar-refractivity contribution in [1.82, 2.24) is 29.3 Å². The second-order valence-corrected chi connectivity index (χ2v) is 16.8. The number of nitrogens with zero attached hydrogens (tertiary/aromatic N) is 6. The monoisotopic (exact) mass is 648 g/mol. The third kappa shape index (κ3) is 4.54. The molecule has 200 valence electrons. The Morgan fingerprint density at radius 2 is 1.62 bits per heavy atom. The highest BCUT2D eigenvalue weighted by molar-refractivity contribution is 14.1. The summed E-state index contributed by atoms with van der Waals surface area (Å²) in [6.07, 6.45) is 6.55. The Morgan fingerprint density at radius 1 is 0.949 bits per heavy atom. The van der Waals surface area contributed by atoms with E-state index in [0.29, 0.717) is 12.5 Å². The van der Waals surface area contributed by atoms with Crippen molar-refractivity contribution < 1.29 is 4.43 Å². The van der Waals surface area contributed by atoms with Gasteiger partial charge >= 0.3 is 0 Å². The fraction of sp³-hybridized carbons (Fsp3) is 0.333. The number of aromatic nitrogens is 6. The standard InChI is InChI=1S/C30H33IN6OSi/c1-30(2,3)39(23-11-7-5-8-12-23,24-13-9-6-10-14-24)38-18-22-15-21(25-16-35-36(4)27(22)25)17-37-20-34-26-28(31)32-19-33-29(26)37/h5-14,16,19-22H,15,17-18H2,1-4H3/t21-,22+/m0/s1. The van der Waals surface area contributed by atoms with Crippen LogP contribution in [0, 0.1) is 3.70 Å². The summed E-state index contributed by atoms with van der Waals surface area (Å²) >= 11 is 2.22. The SMILES string of the molecule is Cn1ncc2c1[C@@H](CO[Si](c1ccccc1)(c1ccccc1)C(C)(C)C)C[C@H]2Cn1cnc2c(I)ncnc21. The summed E-state index contributed by atoms with van der Waals surface area (Å²) < 4.78 is 12.4. The summed E-state index contributed by atoms with van der Waals surface area (Å²) in [5.74, 6) is 0.565. The molecule has 0 radical (unpaired) electrons. The van der Waals surface area contributed by atoms with Gasteiger partial charge in [-0.3, -0.25) is 4.68 Å². The van der Waals surface area contributed by atoms with Gasteiger partial charge in [0, 0.05) is 37.7 Å². The first kappa shape index (κ1) is 26.3. The summed E-state index contributed by atoms with van der Waals surface area (Å²) in [6, 6.07) is 21.8. The van der Waals surface area contributed by atoms with Crippen molar-refractivity contribution in [3.8, 4) is 0 Å². The number of hydrogen-bond donors (Lipinski definition) is 0. The molecular weight excluding hydrogens is 615 g/mol. The highest BCUT2D eigenvalue weighted by atomic mass is 127. The van der Waals surface area contributed by atoms with Gasteiger partial charge in [-0.2, -0.15) is 5.10 Å². The normalized spacial score (nSPS) is 17.6. The van der Waals surface area contributed by atoms with Gasteiger partial charge in [0.2, 0.25) is 0 Å². The first-order chi connectivity index (χ1) is 18.8. The highest BCUT2D eigenvalue weighted by Crippen LogP contribution is 2.44. The second-order valence-electron chi connectivity index (χ2n) is 11.4. The van der Waals surface area contributed by atoms with Crippen molar-refractivity contribution >= 4 is 52.4 Å². The predicted molar refractivity (Wildman–Crippen MR) is 165 cm³/mol. The van der Waals surface area contributed by atoms with E-state index in [4.69, 9.17) is 4.43 Å². The Hall–Kier alpha value is -2.89. The molecule has 0 aliphatic heterocycles. The number of imidazole rings is 1. The lowest BCUT2D eigenvalue weighted by atomic mass is 10.0. The Bertz CT molecular complexity index is 1560. The smallest absolute Gasteiger partial charge is 0.261 e. The molecule has 2 atom stereocenters. The minimum atomic E-state index is -2.63. The van der Waals surface area contributed by atoms with Crippen LogP contribution in [0.2, 0.25) is 5.04 Å². The van der Waals surface area contributed by atoms with Crippen LogP contribution in [0.3, 0.4) is 0 Å². The molecule has 0 spiro atoms. The largest absolute Gasteiger partial charge is 0.407 e. The highest BCUT2D eigenvalue weighted by Gasteiger charge is 2.51. The third-order valence-electron chi connectivity index (χ3n) is 8.10. The van der Waals surface area contributed by atoms with Crippen molar-refractivity contribution in [2.75, 3.05) is 6.61 Å². The number of halogens is 1. The number of rotatable bonds is 7. The number of aryl methyl sites for hydroxylation is 1. The molecule has 9 heteroatoms. The van der Waals surface area contributed by atoms with Crippen molar-refractivity contribution in [3.05, 3.63) is 94.5 Å². The average molecular weight is 649 g/mol. The predicted octanol–water partition coefficient (Wildman–Crippen LogP) is 5.01. The van der Waals surface area contributed by atoms with E-state index in [-0.39, 0.29) is 11.0 Å². The molecule has 3 aromatic heterocycles. The summed E-state index contributed by atoms with van der Waals surface area (Å²) in [7, 11) is -0.571. The molecule has 0 saturated heterocycles. The fourth-order valence-corrected chi connectivity index (χ4v) is 11.5. The molecule has 0 N–H and O–H groups in total.